The maximum Gasteiger partial charge on any atom is 0.243 e. The van der Waals surface area contributed by atoms with Crippen LogP contribution in [0.5, 0.6) is 0 Å². The predicted molar refractivity (Wildman–Crippen MR) is 95.0 cm³/mol. The molecule has 0 saturated heterocycles. The van der Waals surface area contributed by atoms with Gasteiger partial charge in [0.2, 0.25) is 11.8 Å². The van der Waals surface area contributed by atoms with Crippen LogP contribution in [0.25, 0.3) is 0 Å². The molecule has 0 radical (unpaired) electrons. The van der Waals surface area contributed by atoms with Gasteiger partial charge in [0.15, 0.2) is 0 Å². The minimum Gasteiger partial charge on any atom is -0.348 e. The molecule has 1 fully saturated rings. The van der Waals surface area contributed by atoms with Gasteiger partial charge in [-0.1, -0.05) is 23.7 Å². The van der Waals surface area contributed by atoms with Crippen LogP contribution in [0.2, 0.25) is 5.02 Å². The van der Waals surface area contributed by atoms with E-state index in [0.29, 0.717) is 11.4 Å². The third-order valence-electron chi connectivity index (χ3n) is 4.64. The largest absolute Gasteiger partial charge is 0.348 e. The molecule has 1 aromatic carbocycles. The normalized spacial score (nSPS) is 16.6. The Morgan fingerprint density at radius 3 is 2.56 bits per heavy atom. The lowest BCUT2D eigenvalue weighted by molar-refractivity contribution is -0.130. The third-order valence-corrected chi connectivity index (χ3v) is 4.89. The first kappa shape index (κ1) is 17.5. The molecule has 0 unspecified atom stereocenters. The first-order chi connectivity index (χ1) is 12.0. The van der Waals surface area contributed by atoms with Crippen molar-refractivity contribution < 1.29 is 9.59 Å². The quantitative estimate of drug-likeness (QED) is 0.738. The number of amides is 2. The molecule has 25 heavy (non-hydrogen) atoms. The molecular weight excluding hydrogens is 340 g/mol. The second-order valence-electron chi connectivity index (χ2n) is 6.47. The molecule has 1 aromatic heterocycles. The number of benzene rings is 1. The van der Waals surface area contributed by atoms with E-state index in [1.165, 1.54) is 6.92 Å². The molecule has 3 rings (SSSR count). The van der Waals surface area contributed by atoms with Gasteiger partial charge in [-0.2, -0.15) is 0 Å². The molecule has 0 aliphatic heterocycles. The number of imidazole rings is 1. The summed E-state index contributed by atoms with van der Waals surface area (Å²) >= 11 is 5.97. The Labute approximate surface area is 151 Å². The van der Waals surface area contributed by atoms with Crippen LogP contribution in [0.3, 0.4) is 0 Å². The van der Waals surface area contributed by atoms with Gasteiger partial charge in [0.05, 0.1) is 11.9 Å². The fourth-order valence-corrected chi connectivity index (χ4v) is 3.30. The molecule has 2 aromatic rings. The van der Waals surface area contributed by atoms with Crippen molar-refractivity contribution in [2.24, 2.45) is 0 Å². The summed E-state index contributed by atoms with van der Waals surface area (Å²) in [5, 5.41) is 6.55. The number of H-pyrrole nitrogens is 1. The van der Waals surface area contributed by atoms with Crippen LogP contribution >= 0.6 is 11.6 Å². The van der Waals surface area contributed by atoms with E-state index in [1.54, 1.807) is 12.5 Å². The van der Waals surface area contributed by atoms with Crippen molar-refractivity contribution in [3.63, 3.8) is 0 Å². The summed E-state index contributed by atoms with van der Waals surface area (Å²) in [4.78, 5) is 31.3. The second-order valence-corrected chi connectivity index (χ2v) is 6.90. The van der Waals surface area contributed by atoms with Gasteiger partial charge in [0.25, 0.3) is 0 Å². The Morgan fingerprint density at radius 2 is 2.04 bits per heavy atom. The number of nitrogens with zero attached hydrogens (tertiary/aromatic N) is 1. The van der Waals surface area contributed by atoms with Crippen LogP contribution in [-0.2, 0) is 21.5 Å². The van der Waals surface area contributed by atoms with Crippen molar-refractivity contribution in [2.45, 2.75) is 44.2 Å². The Kier molecular flexibility index (Phi) is 5.08. The highest BCUT2D eigenvalue weighted by Gasteiger charge is 2.41. The van der Waals surface area contributed by atoms with Crippen LogP contribution < -0.4 is 10.6 Å². The number of nitrogens with one attached hydrogen (secondary N) is 3. The number of hydrogen-bond acceptors (Lipinski definition) is 3. The molecule has 1 saturated carbocycles. The van der Waals surface area contributed by atoms with Gasteiger partial charge in [-0.25, -0.2) is 4.98 Å². The van der Waals surface area contributed by atoms with Crippen molar-refractivity contribution in [3.05, 3.63) is 53.1 Å². The van der Waals surface area contributed by atoms with Crippen molar-refractivity contribution in [2.75, 3.05) is 0 Å². The Balaban J connectivity index is 1.76. The zero-order chi connectivity index (χ0) is 17.9. The minimum absolute atomic E-state index is 0.195. The highest BCUT2D eigenvalue weighted by atomic mass is 35.5. The maximum atomic E-state index is 12.9. The summed E-state index contributed by atoms with van der Waals surface area (Å²) in [5.41, 5.74) is 1.45. The summed E-state index contributed by atoms with van der Waals surface area (Å²) < 4.78 is 0. The van der Waals surface area contributed by atoms with Crippen LogP contribution in [0.1, 0.15) is 37.4 Å². The number of carbonyl (C=O) groups excluding carboxylic acids is 2. The monoisotopic (exact) mass is 360 g/mol. The standard InChI is InChI=1S/C18H21ClN4O2/c1-12(24)22-16(9-15-10-20-11-21-15)17(25)23-18(7-2-8-18)13-3-5-14(19)6-4-13/h3-6,10-11,16H,2,7-9H2,1H3,(H,20,21)(H,22,24)(H,23,25)/t16-/m0/s1. The Bertz CT molecular complexity index is 739. The van der Waals surface area contributed by atoms with Gasteiger partial charge in [0, 0.05) is 30.3 Å². The van der Waals surface area contributed by atoms with Crippen molar-refractivity contribution in [1.29, 1.82) is 0 Å². The maximum absolute atomic E-state index is 12.9. The Morgan fingerprint density at radius 1 is 1.32 bits per heavy atom. The van der Waals surface area contributed by atoms with E-state index in [0.717, 1.165) is 30.5 Å². The Hall–Kier alpha value is -2.34. The van der Waals surface area contributed by atoms with E-state index < -0.39 is 6.04 Å². The fraction of sp³-hybridized carbons (Fsp3) is 0.389. The number of rotatable bonds is 6. The smallest absolute Gasteiger partial charge is 0.243 e. The van der Waals surface area contributed by atoms with Crippen molar-refractivity contribution in [3.8, 4) is 0 Å². The average Bonchev–Trinajstić information content (AvgIpc) is 3.04. The highest BCUT2D eigenvalue weighted by Crippen LogP contribution is 2.41. The van der Waals surface area contributed by atoms with E-state index in [9.17, 15) is 9.59 Å². The first-order valence-electron chi connectivity index (χ1n) is 8.31. The number of aromatic amines is 1. The summed E-state index contributed by atoms with van der Waals surface area (Å²) in [5.74, 6) is -0.437. The molecule has 1 aliphatic rings. The molecule has 132 valence electrons. The summed E-state index contributed by atoms with van der Waals surface area (Å²) in [6, 6.07) is 6.91. The van der Waals surface area contributed by atoms with Gasteiger partial charge < -0.3 is 15.6 Å². The summed E-state index contributed by atoms with van der Waals surface area (Å²) in [6.07, 6.45) is 6.37. The van der Waals surface area contributed by atoms with Crippen LogP contribution in [-0.4, -0.2) is 27.8 Å². The lowest BCUT2D eigenvalue weighted by Crippen LogP contribution is -2.57. The van der Waals surface area contributed by atoms with Crippen LogP contribution in [0, 0.1) is 0 Å². The van der Waals surface area contributed by atoms with Crippen molar-refractivity contribution in [1.82, 2.24) is 20.6 Å². The SMILES string of the molecule is CC(=O)N[C@@H](Cc1cnc[nH]1)C(=O)NC1(c2ccc(Cl)cc2)CCC1. The lowest BCUT2D eigenvalue weighted by Gasteiger charge is -2.44. The van der Waals surface area contributed by atoms with Gasteiger partial charge in [0.1, 0.15) is 6.04 Å². The molecule has 6 nitrogen and oxygen atoms in total. The van der Waals surface area contributed by atoms with E-state index in [1.807, 2.05) is 24.3 Å². The van der Waals surface area contributed by atoms with Gasteiger partial charge in [-0.3, -0.25) is 9.59 Å². The summed E-state index contributed by atoms with van der Waals surface area (Å²) in [7, 11) is 0. The van der Waals surface area contributed by atoms with E-state index in [2.05, 4.69) is 20.6 Å². The lowest BCUT2D eigenvalue weighted by atomic mass is 9.71. The van der Waals surface area contributed by atoms with E-state index in [4.69, 9.17) is 11.6 Å². The highest BCUT2D eigenvalue weighted by molar-refractivity contribution is 6.30. The molecule has 0 bridgehead atoms. The molecule has 1 atom stereocenters. The second kappa shape index (κ2) is 7.27. The molecule has 1 heterocycles. The van der Waals surface area contributed by atoms with E-state index in [-0.39, 0.29) is 17.4 Å². The number of hydrogen-bond donors (Lipinski definition) is 3. The minimum atomic E-state index is -0.650. The molecule has 0 spiro atoms. The van der Waals surface area contributed by atoms with Crippen LogP contribution in [0.4, 0.5) is 0 Å². The first-order valence-corrected chi connectivity index (χ1v) is 8.69. The van der Waals surface area contributed by atoms with E-state index >= 15 is 0 Å². The topological polar surface area (TPSA) is 86.9 Å². The van der Waals surface area contributed by atoms with Crippen molar-refractivity contribution >= 4 is 23.4 Å². The third kappa shape index (κ3) is 4.02. The molecule has 7 heteroatoms. The zero-order valence-corrected chi connectivity index (χ0v) is 14.8. The number of halogens is 1. The predicted octanol–water partition coefficient (Wildman–Crippen LogP) is 2.31. The molecule has 1 aliphatic carbocycles. The number of aromatic nitrogens is 2. The summed E-state index contributed by atoms with van der Waals surface area (Å²) in [6.45, 7) is 1.41. The average molecular weight is 361 g/mol. The molecular formula is C18H21ClN4O2. The van der Waals surface area contributed by atoms with Gasteiger partial charge in [-0.05, 0) is 37.0 Å². The zero-order valence-electron chi connectivity index (χ0n) is 14.0. The fourth-order valence-electron chi connectivity index (χ4n) is 3.18. The van der Waals surface area contributed by atoms with Crippen LogP contribution in [0.15, 0.2) is 36.8 Å². The van der Waals surface area contributed by atoms with Gasteiger partial charge in [-0.15, -0.1) is 0 Å². The van der Waals surface area contributed by atoms with Gasteiger partial charge >= 0.3 is 0 Å². The number of carbonyl (C=O) groups is 2. The molecule has 2 amide bonds. The molecule has 3 N–H and O–H groups in total.